The van der Waals surface area contributed by atoms with Crippen LogP contribution >= 0.6 is 15.9 Å². The number of carbonyl (C=O) groups is 1. The van der Waals surface area contributed by atoms with Gasteiger partial charge >= 0.3 is 0 Å². The summed E-state index contributed by atoms with van der Waals surface area (Å²) in [4.78, 5) is 12.3. The zero-order valence-corrected chi connectivity index (χ0v) is 15.5. The van der Waals surface area contributed by atoms with Gasteiger partial charge in [-0.15, -0.1) is 0 Å². The summed E-state index contributed by atoms with van der Waals surface area (Å²) in [6, 6.07) is 14.2. The van der Waals surface area contributed by atoms with E-state index < -0.39 is 5.91 Å². The van der Waals surface area contributed by atoms with E-state index in [1.54, 1.807) is 37.4 Å². The Hall–Kier alpha value is -2.78. The van der Waals surface area contributed by atoms with Crippen LogP contribution in [0.5, 0.6) is 11.5 Å². The largest absolute Gasteiger partial charge is 0.497 e. The molecule has 2 aromatic carbocycles. The van der Waals surface area contributed by atoms with E-state index in [2.05, 4.69) is 21.2 Å². The van der Waals surface area contributed by atoms with Gasteiger partial charge in [0.05, 0.1) is 13.7 Å². The molecule has 128 valence electrons. The molecule has 1 amide bonds. The zero-order valence-electron chi connectivity index (χ0n) is 13.9. The number of hydrogen-bond donors (Lipinski definition) is 1. The highest BCUT2D eigenvalue weighted by Gasteiger charge is 2.12. The minimum absolute atomic E-state index is 0.0194. The molecule has 5 nitrogen and oxygen atoms in total. The number of ether oxygens (including phenoxy) is 2. The molecule has 6 heteroatoms. The Morgan fingerprint density at radius 1 is 1.28 bits per heavy atom. The Labute approximate surface area is 155 Å². The van der Waals surface area contributed by atoms with Crippen molar-refractivity contribution < 1.29 is 14.3 Å². The summed E-state index contributed by atoms with van der Waals surface area (Å²) < 4.78 is 11.6. The van der Waals surface area contributed by atoms with Crippen molar-refractivity contribution in [2.75, 3.05) is 19.0 Å². The molecule has 0 aromatic heterocycles. The SMILES string of the molecule is CCOc1cc(OC)ccc1/C=C(\C#N)C(=O)Nc1ccc(Br)cc1. The minimum atomic E-state index is -0.483. The van der Waals surface area contributed by atoms with Crippen molar-refractivity contribution in [1.82, 2.24) is 0 Å². The molecule has 0 unspecified atom stereocenters. The van der Waals surface area contributed by atoms with Gasteiger partial charge in [-0.3, -0.25) is 4.79 Å². The molecule has 0 saturated heterocycles. The number of carbonyl (C=O) groups excluding carboxylic acids is 1. The zero-order chi connectivity index (χ0) is 18.2. The average molecular weight is 401 g/mol. The Kier molecular flexibility index (Phi) is 6.61. The first-order valence-corrected chi connectivity index (χ1v) is 8.36. The van der Waals surface area contributed by atoms with Crippen molar-refractivity contribution in [3.8, 4) is 17.6 Å². The number of halogens is 1. The lowest BCUT2D eigenvalue weighted by molar-refractivity contribution is -0.112. The van der Waals surface area contributed by atoms with E-state index >= 15 is 0 Å². The van der Waals surface area contributed by atoms with Crippen LogP contribution in [0.1, 0.15) is 12.5 Å². The highest BCUT2D eigenvalue weighted by Crippen LogP contribution is 2.27. The molecule has 0 aliphatic carbocycles. The summed E-state index contributed by atoms with van der Waals surface area (Å²) in [5, 5.41) is 12.0. The van der Waals surface area contributed by atoms with Crippen molar-refractivity contribution in [3.05, 3.63) is 58.1 Å². The van der Waals surface area contributed by atoms with Gasteiger partial charge in [-0.1, -0.05) is 15.9 Å². The molecular weight excluding hydrogens is 384 g/mol. The lowest BCUT2D eigenvalue weighted by Crippen LogP contribution is -2.13. The molecule has 0 saturated carbocycles. The van der Waals surface area contributed by atoms with Gasteiger partial charge in [0, 0.05) is 21.8 Å². The van der Waals surface area contributed by atoms with Crippen molar-refractivity contribution >= 4 is 33.6 Å². The fourth-order valence-corrected chi connectivity index (χ4v) is 2.34. The van der Waals surface area contributed by atoms with Gasteiger partial charge < -0.3 is 14.8 Å². The summed E-state index contributed by atoms with van der Waals surface area (Å²) in [5.74, 6) is 0.701. The molecule has 25 heavy (non-hydrogen) atoms. The number of nitrogens with zero attached hydrogens (tertiary/aromatic N) is 1. The first-order chi connectivity index (χ1) is 12.1. The predicted octanol–water partition coefficient (Wildman–Crippen LogP) is 4.40. The second-order valence-electron chi connectivity index (χ2n) is 4.97. The van der Waals surface area contributed by atoms with E-state index in [1.165, 1.54) is 6.08 Å². The molecular formula is C19H17BrN2O3. The van der Waals surface area contributed by atoms with Crippen LogP contribution in [0.3, 0.4) is 0 Å². The van der Waals surface area contributed by atoms with E-state index in [4.69, 9.17) is 9.47 Å². The number of nitriles is 1. The molecule has 0 bridgehead atoms. The first kappa shape index (κ1) is 18.6. The van der Waals surface area contributed by atoms with Gasteiger partial charge in [-0.2, -0.15) is 5.26 Å². The van der Waals surface area contributed by atoms with E-state index in [9.17, 15) is 10.1 Å². The van der Waals surface area contributed by atoms with Gasteiger partial charge in [0.25, 0.3) is 5.91 Å². The van der Waals surface area contributed by atoms with Crippen LogP contribution in [-0.2, 0) is 4.79 Å². The summed E-state index contributed by atoms with van der Waals surface area (Å²) in [7, 11) is 1.56. The Balaban J connectivity index is 2.28. The molecule has 2 aromatic rings. The van der Waals surface area contributed by atoms with Crippen LogP contribution < -0.4 is 14.8 Å². The molecule has 0 heterocycles. The van der Waals surface area contributed by atoms with Crippen molar-refractivity contribution in [2.45, 2.75) is 6.92 Å². The summed E-state index contributed by atoms with van der Waals surface area (Å²) in [5.41, 5.74) is 1.22. The highest BCUT2D eigenvalue weighted by molar-refractivity contribution is 9.10. The van der Waals surface area contributed by atoms with Gasteiger partial charge in [0.15, 0.2) is 0 Å². The van der Waals surface area contributed by atoms with Crippen molar-refractivity contribution in [2.24, 2.45) is 0 Å². The van der Waals surface area contributed by atoms with Crippen molar-refractivity contribution in [1.29, 1.82) is 5.26 Å². The number of benzene rings is 2. The van der Waals surface area contributed by atoms with Crippen LogP contribution in [0.2, 0.25) is 0 Å². The summed E-state index contributed by atoms with van der Waals surface area (Å²) in [6.07, 6.45) is 1.50. The smallest absolute Gasteiger partial charge is 0.266 e. The first-order valence-electron chi connectivity index (χ1n) is 7.57. The second-order valence-corrected chi connectivity index (χ2v) is 5.88. The molecule has 0 spiro atoms. The normalized spacial score (nSPS) is 10.7. The van der Waals surface area contributed by atoms with E-state index in [-0.39, 0.29) is 5.57 Å². The third-order valence-corrected chi connectivity index (χ3v) is 3.82. The van der Waals surface area contributed by atoms with Crippen molar-refractivity contribution in [3.63, 3.8) is 0 Å². The lowest BCUT2D eigenvalue weighted by atomic mass is 10.1. The number of methoxy groups -OCH3 is 1. The second kappa shape index (κ2) is 8.90. The van der Waals surface area contributed by atoms with E-state index in [1.807, 2.05) is 25.1 Å². The molecule has 0 aliphatic heterocycles. The molecule has 0 aliphatic rings. The Bertz CT molecular complexity index is 824. The number of hydrogen-bond acceptors (Lipinski definition) is 4. The minimum Gasteiger partial charge on any atom is -0.497 e. The lowest BCUT2D eigenvalue weighted by Gasteiger charge is -2.10. The number of anilines is 1. The number of rotatable bonds is 6. The fourth-order valence-electron chi connectivity index (χ4n) is 2.08. The third kappa shape index (κ3) is 5.10. The van der Waals surface area contributed by atoms with Crippen LogP contribution in [0.15, 0.2) is 52.5 Å². The Morgan fingerprint density at radius 3 is 2.60 bits per heavy atom. The molecule has 2 rings (SSSR count). The van der Waals surface area contributed by atoms with Gasteiger partial charge in [0.2, 0.25) is 0 Å². The van der Waals surface area contributed by atoms with Crippen LogP contribution in [0.25, 0.3) is 6.08 Å². The maximum atomic E-state index is 12.3. The van der Waals surface area contributed by atoms with Gasteiger partial charge in [-0.05, 0) is 49.4 Å². The van der Waals surface area contributed by atoms with E-state index in [0.717, 1.165) is 4.47 Å². The van der Waals surface area contributed by atoms with Gasteiger partial charge in [-0.25, -0.2) is 0 Å². The molecule has 0 atom stereocenters. The van der Waals surface area contributed by atoms with Crippen LogP contribution in [-0.4, -0.2) is 19.6 Å². The molecule has 0 fully saturated rings. The van der Waals surface area contributed by atoms with Gasteiger partial charge in [0.1, 0.15) is 23.1 Å². The maximum Gasteiger partial charge on any atom is 0.266 e. The monoisotopic (exact) mass is 400 g/mol. The standard InChI is InChI=1S/C19H17BrN2O3/c1-3-25-18-11-17(24-2)9-4-13(18)10-14(12-21)19(23)22-16-7-5-15(20)6-8-16/h4-11H,3H2,1-2H3,(H,22,23)/b14-10+. The number of nitrogens with one attached hydrogen (secondary N) is 1. The average Bonchev–Trinajstić information content (AvgIpc) is 2.62. The predicted molar refractivity (Wildman–Crippen MR) is 101 cm³/mol. The topological polar surface area (TPSA) is 71.3 Å². The fraction of sp³-hybridized carbons (Fsp3) is 0.158. The quantitative estimate of drug-likeness (QED) is 0.575. The molecule has 1 N–H and O–H groups in total. The Morgan fingerprint density at radius 2 is 2.00 bits per heavy atom. The van der Waals surface area contributed by atoms with Crippen LogP contribution in [0.4, 0.5) is 5.69 Å². The summed E-state index contributed by atoms with van der Waals surface area (Å²) in [6.45, 7) is 2.32. The van der Waals surface area contributed by atoms with Crippen LogP contribution in [0, 0.1) is 11.3 Å². The maximum absolute atomic E-state index is 12.3. The molecule has 0 radical (unpaired) electrons. The summed E-state index contributed by atoms with van der Waals surface area (Å²) >= 11 is 3.33. The number of amides is 1. The highest BCUT2D eigenvalue weighted by atomic mass is 79.9. The van der Waals surface area contributed by atoms with E-state index in [0.29, 0.717) is 29.4 Å². The third-order valence-electron chi connectivity index (χ3n) is 3.29.